The van der Waals surface area contributed by atoms with Crippen molar-refractivity contribution in [2.24, 2.45) is 0 Å². The number of fused-ring (bicyclic) bond motifs is 1. The zero-order valence-corrected chi connectivity index (χ0v) is 21.5. The van der Waals surface area contributed by atoms with Crippen LogP contribution in [-0.2, 0) is 10.8 Å². The van der Waals surface area contributed by atoms with Gasteiger partial charge in [0, 0.05) is 35.1 Å². The molecule has 10 nitrogen and oxygen atoms in total. The SMILES string of the molecule is Cc1cc([C@@H](C)Nc2ccc(Cl)nc2C(=O)O)c2nc(C34CC(c5noc(C)n5)(C3)C4)c(C)c(=O)n2c1. The molecule has 4 aromatic heterocycles. The Hall–Kier alpha value is -3.79. The number of hydrogen-bond acceptors (Lipinski definition) is 8. The van der Waals surface area contributed by atoms with Gasteiger partial charge in [0.2, 0.25) is 5.89 Å². The number of rotatable bonds is 6. The number of nitrogens with zero attached hydrogens (tertiary/aromatic N) is 5. The number of aromatic nitrogens is 5. The number of aromatic carboxylic acids is 1. The van der Waals surface area contributed by atoms with Crippen molar-refractivity contribution in [3.8, 4) is 0 Å². The summed E-state index contributed by atoms with van der Waals surface area (Å²) in [6.07, 6.45) is 4.28. The summed E-state index contributed by atoms with van der Waals surface area (Å²) in [5.41, 5.74) is 3.44. The van der Waals surface area contributed by atoms with Crippen LogP contribution in [-0.4, -0.2) is 35.6 Å². The number of pyridine rings is 2. The molecule has 3 aliphatic carbocycles. The van der Waals surface area contributed by atoms with Crippen LogP contribution in [0.3, 0.4) is 0 Å². The number of carboxylic acid groups (broad SMARTS) is 1. The highest BCUT2D eigenvalue weighted by Gasteiger charge is 2.72. The third-order valence-electron chi connectivity index (χ3n) is 7.75. The Morgan fingerprint density at radius 1 is 1.16 bits per heavy atom. The van der Waals surface area contributed by atoms with Crippen LogP contribution in [0.5, 0.6) is 0 Å². The zero-order chi connectivity index (χ0) is 26.3. The maximum absolute atomic E-state index is 13.5. The van der Waals surface area contributed by atoms with Crippen LogP contribution in [0.4, 0.5) is 5.69 Å². The molecule has 0 amide bonds. The number of hydrogen-bond donors (Lipinski definition) is 2. The van der Waals surface area contributed by atoms with Gasteiger partial charge in [0.15, 0.2) is 11.5 Å². The number of carboxylic acids is 1. The van der Waals surface area contributed by atoms with E-state index < -0.39 is 5.97 Å². The van der Waals surface area contributed by atoms with Crippen molar-refractivity contribution in [2.45, 2.75) is 63.8 Å². The third-order valence-corrected chi connectivity index (χ3v) is 7.96. The van der Waals surface area contributed by atoms with E-state index in [0.29, 0.717) is 22.8 Å². The average molecular weight is 521 g/mol. The minimum Gasteiger partial charge on any atom is -0.476 e. The molecule has 4 heterocycles. The van der Waals surface area contributed by atoms with E-state index in [-0.39, 0.29) is 33.3 Å². The van der Waals surface area contributed by atoms with Crippen LogP contribution in [0.25, 0.3) is 5.65 Å². The molecule has 3 aliphatic rings. The lowest BCUT2D eigenvalue weighted by atomic mass is 9.33. The first kappa shape index (κ1) is 23.6. The molecule has 3 fully saturated rings. The fourth-order valence-electron chi connectivity index (χ4n) is 6.15. The summed E-state index contributed by atoms with van der Waals surface area (Å²) in [5.74, 6) is 0.102. The van der Waals surface area contributed by atoms with Gasteiger partial charge in [-0.25, -0.2) is 14.8 Å². The van der Waals surface area contributed by atoms with E-state index in [1.807, 2.05) is 26.8 Å². The van der Waals surface area contributed by atoms with Crippen molar-refractivity contribution in [3.63, 3.8) is 0 Å². The van der Waals surface area contributed by atoms with E-state index >= 15 is 0 Å². The normalized spacial score (nSPS) is 22.8. The lowest BCUT2D eigenvalue weighted by molar-refractivity contribution is -0.0798. The summed E-state index contributed by atoms with van der Waals surface area (Å²) in [7, 11) is 0. The van der Waals surface area contributed by atoms with Gasteiger partial charge in [-0.2, -0.15) is 4.98 Å². The van der Waals surface area contributed by atoms with E-state index in [9.17, 15) is 14.7 Å². The molecule has 11 heteroatoms. The Labute approximate surface area is 216 Å². The molecule has 0 radical (unpaired) electrons. The first-order valence-electron chi connectivity index (χ1n) is 12.0. The van der Waals surface area contributed by atoms with Gasteiger partial charge >= 0.3 is 5.97 Å². The number of nitrogens with one attached hydrogen (secondary N) is 1. The largest absolute Gasteiger partial charge is 0.476 e. The topological polar surface area (TPSA) is 136 Å². The molecule has 0 aromatic carbocycles. The smallest absolute Gasteiger partial charge is 0.356 e. The monoisotopic (exact) mass is 520 g/mol. The highest BCUT2D eigenvalue weighted by Crippen LogP contribution is 2.73. The number of aryl methyl sites for hydroxylation is 2. The number of anilines is 1. The number of halogens is 1. The Morgan fingerprint density at radius 2 is 1.89 bits per heavy atom. The van der Waals surface area contributed by atoms with Gasteiger partial charge in [-0.3, -0.25) is 9.20 Å². The molecule has 3 saturated carbocycles. The second-order valence-electron chi connectivity index (χ2n) is 10.5. The van der Waals surface area contributed by atoms with Crippen LogP contribution >= 0.6 is 11.6 Å². The second-order valence-corrected chi connectivity index (χ2v) is 10.9. The van der Waals surface area contributed by atoms with Crippen LogP contribution in [0.15, 0.2) is 33.7 Å². The molecule has 190 valence electrons. The van der Waals surface area contributed by atoms with E-state index in [1.54, 1.807) is 23.6 Å². The Kier molecular flexibility index (Phi) is 5.01. The Bertz CT molecular complexity index is 1660. The van der Waals surface area contributed by atoms with Crippen molar-refractivity contribution < 1.29 is 14.4 Å². The molecule has 0 aliphatic heterocycles. The molecular formula is C26H25ClN6O4. The molecule has 1 atom stereocenters. The van der Waals surface area contributed by atoms with E-state index in [1.165, 1.54) is 6.07 Å². The molecule has 0 spiro atoms. The summed E-state index contributed by atoms with van der Waals surface area (Å²) < 4.78 is 6.78. The van der Waals surface area contributed by atoms with Crippen LogP contribution < -0.4 is 10.9 Å². The first-order chi connectivity index (χ1) is 17.5. The summed E-state index contributed by atoms with van der Waals surface area (Å²) in [5, 5.41) is 17.1. The average Bonchev–Trinajstić information content (AvgIpc) is 3.22. The van der Waals surface area contributed by atoms with E-state index in [4.69, 9.17) is 21.1 Å². The standard InChI is InChI=1S/C26H25ClN6O4/c1-12-7-16(14(3)28-17-5-6-18(27)30-19(17)23(35)36)21-31-20(13(2)22(34)33(21)8-12)25-9-26(10-25,11-25)24-29-15(4)37-32-24/h5-8,14,28H,9-11H2,1-4H3,(H,35,36)/t14-,25?,26?/m1/s1. The van der Waals surface area contributed by atoms with Gasteiger partial charge in [0.05, 0.1) is 17.4 Å². The predicted molar refractivity (Wildman–Crippen MR) is 135 cm³/mol. The van der Waals surface area contributed by atoms with E-state index in [2.05, 4.69) is 20.4 Å². The summed E-state index contributed by atoms with van der Waals surface area (Å²) in [4.78, 5) is 38.7. The van der Waals surface area contributed by atoms with Crippen molar-refractivity contribution in [1.82, 2.24) is 24.5 Å². The molecule has 7 rings (SSSR count). The van der Waals surface area contributed by atoms with E-state index in [0.717, 1.165) is 41.9 Å². The molecule has 0 unspecified atom stereocenters. The highest BCUT2D eigenvalue weighted by atomic mass is 35.5. The molecule has 2 N–H and O–H groups in total. The summed E-state index contributed by atoms with van der Waals surface area (Å²) >= 11 is 5.92. The van der Waals surface area contributed by atoms with Crippen molar-refractivity contribution >= 4 is 28.9 Å². The molecular weight excluding hydrogens is 496 g/mol. The quantitative estimate of drug-likeness (QED) is 0.356. The molecule has 0 saturated heterocycles. The maximum atomic E-state index is 13.5. The van der Waals surface area contributed by atoms with Gasteiger partial charge in [-0.1, -0.05) is 16.8 Å². The first-order valence-corrected chi connectivity index (χ1v) is 12.4. The number of carbonyl (C=O) groups is 1. The van der Waals surface area contributed by atoms with Crippen LogP contribution in [0.2, 0.25) is 5.15 Å². The third kappa shape index (κ3) is 3.46. The van der Waals surface area contributed by atoms with Crippen LogP contribution in [0, 0.1) is 20.8 Å². The minimum absolute atomic E-state index is 0.0947. The van der Waals surface area contributed by atoms with Crippen molar-refractivity contribution in [3.05, 3.63) is 79.7 Å². The Morgan fingerprint density at radius 3 is 2.54 bits per heavy atom. The van der Waals surface area contributed by atoms with Gasteiger partial charge < -0.3 is 14.9 Å². The van der Waals surface area contributed by atoms with Crippen molar-refractivity contribution in [2.75, 3.05) is 5.32 Å². The lowest BCUT2D eigenvalue weighted by Crippen LogP contribution is -2.68. The summed E-state index contributed by atoms with van der Waals surface area (Å²) in [6.45, 7) is 7.43. The maximum Gasteiger partial charge on any atom is 0.356 e. The van der Waals surface area contributed by atoms with Crippen molar-refractivity contribution in [1.29, 1.82) is 0 Å². The zero-order valence-electron chi connectivity index (χ0n) is 20.8. The van der Waals surface area contributed by atoms with Gasteiger partial charge in [0.25, 0.3) is 5.56 Å². The van der Waals surface area contributed by atoms with Gasteiger partial charge in [0.1, 0.15) is 10.8 Å². The van der Waals surface area contributed by atoms with Gasteiger partial charge in [-0.05, 0) is 63.8 Å². The fourth-order valence-corrected chi connectivity index (χ4v) is 6.30. The minimum atomic E-state index is -1.19. The fraction of sp³-hybridized carbons (Fsp3) is 0.385. The predicted octanol–water partition coefficient (Wildman–Crippen LogP) is 4.30. The molecule has 37 heavy (non-hydrogen) atoms. The lowest BCUT2D eigenvalue weighted by Gasteiger charge is -2.69. The Balaban J connectivity index is 1.40. The summed E-state index contributed by atoms with van der Waals surface area (Å²) in [6, 6.07) is 4.71. The van der Waals surface area contributed by atoms with Crippen LogP contribution in [0.1, 0.15) is 76.8 Å². The molecule has 2 bridgehead atoms. The molecule has 4 aromatic rings. The highest BCUT2D eigenvalue weighted by molar-refractivity contribution is 6.29. The van der Waals surface area contributed by atoms with Gasteiger partial charge in [-0.15, -0.1) is 0 Å². The second kappa shape index (κ2) is 7.85.